The molecule has 102 valence electrons. The van der Waals surface area contributed by atoms with Gasteiger partial charge in [-0.25, -0.2) is 9.59 Å². The van der Waals surface area contributed by atoms with Crippen molar-refractivity contribution in [2.45, 2.75) is 12.5 Å². The van der Waals surface area contributed by atoms with E-state index >= 15 is 0 Å². The van der Waals surface area contributed by atoms with Gasteiger partial charge >= 0.3 is 18.0 Å². The minimum Gasteiger partial charge on any atom is -0.481 e. The Hall–Kier alpha value is -1.84. The molecule has 2 amide bonds. The van der Waals surface area contributed by atoms with Crippen LogP contribution in [0.3, 0.4) is 0 Å². The molecule has 0 spiro atoms. The van der Waals surface area contributed by atoms with E-state index in [4.69, 9.17) is 10.2 Å². The van der Waals surface area contributed by atoms with Gasteiger partial charge in [-0.05, 0) is 40.8 Å². The molecular formula is C11H11IN2O5. The second-order valence-corrected chi connectivity index (χ2v) is 4.84. The van der Waals surface area contributed by atoms with Crippen LogP contribution in [-0.4, -0.2) is 34.2 Å². The SMILES string of the molecule is O=C(O)C[C@@H](NC(=O)Nc1cccc(I)c1)C(=O)O. The van der Waals surface area contributed by atoms with Crippen LogP contribution >= 0.6 is 22.6 Å². The first-order chi connectivity index (χ1) is 8.88. The second kappa shape index (κ2) is 6.92. The van der Waals surface area contributed by atoms with Crippen molar-refractivity contribution in [3.63, 3.8) is 0 Å². The first-order valence-electron chi connectivity index (χ1n) is 5.16. The highest BCUT2D eigenvalue weighted by atomic mass is 127. The summed E-state index contributed by atoms with van der Waals surface area (Å²) in [5.74, 6) is -2.71. The van der Waals surface area contributed by atoms with Gasteiger partial charge in [0.25, 0.3) is 0 Å². The Morgan fingerprint density at radius 3 is 2.47 bits per heavy atom. The zero-order chi connectivity index (χ0) is 14.4. The summed E-state index contributed by atoms with van der Waals surface area (Å²) in [7, 11) is 0. The zero-order valence-electron chi connectivity index (χ0n) is 9.59. The molecule has 0 saturated carbocycles. The summed E-state index contributed by atoms with van der Waals surface area (Å²) in [6.07, 6.45) is -0.685. The molecule has 0 saturated heterocycles. The largest absolute Gasteiger partial charge is 0.481 e. The topological polar surface area (TPSA) is 116 Å². The van der Waals surface area contributed by atoms with E-state index in [2.05, 4.69) is 33.2 Å². The maximum Gasteiger partial charge on any atom is 0.326 e. The van der Waals surface area contributed by atoms with Gasteiger partial charge in [-0.3, -0.25) is 4.79 Å². The van der Waals surface area contributed by atoms with Crippen molar-refractivity contribution in [1.29, 1.82) is 0 Å². The first-order valence-corrected chi connectivity index (χ1v) is 6.24. The van der Waals surface area contributed by atoms with Gasteiger partial charge in [0.2, 0.25) is 0 Å². The number of carbonyl (C=O) groups is 3. The third kappa shape index (κ3) is 5.55. The molecule has 0 fully saturated rings. The number of carboxylic acids is 2. The standard InChI is InChI=1S/C11H11IN2O5/c12-6-2-1-3-7(4-6)13-11(19)14-8(10(17)18)5-9(15)16/h1-4,8H,5H2,(H,15,16)(H,17,18)(H2,13,14,19)/t8-/m1/s1. The van der Waals surface area contributed by atoms with E-state index in [0.29, 0.717) is 5.69 Å². The van der Waals surface area contributed by atoms with Crippen LogP contribution in [-0.2, 0) is 9.59 Å². The van der Waals surface area contributed by atoms with Crippen LogP contribution in [0.5, 0.6) is 0 Å². The summed E-state index contributed by atoms with van der Waals surface area (Å²) in [6, 6.07) is 4.63. The van der Waals surface area contributed by atoms with E-state index in [0.717, 1.165) is 3.57 Å². The average Bonchev–Trinajstić information content (AvgIpc) is 2.27. The van der Waals surface area contributed by atoms with Crippen molar-refractivity contribution in [2.24, 2.45) is 0 Å². The van der Waals surface area contributed by atoms with Crippen molar-refractivity contribution < 1.29 is 24.6 Å². The number of nitrogens with one attached hydrogen (secondary N) is 2. The van der Waals surface area contributed by atoms with Gasteiger partial charge in [0.05, 0.1) is 6.42 Å². The summed E-state index contributed by atoms with van der Waals surface area (Å²) in [6.45, 7) is 0. The van der Waals surface area contributed by atoms with Crippen molar-refractivity contribution in [3.05, 3.63) is 27.8 Å². The number of hydrogen-bond donors (Lipinski definition) is 4. The number of anilines is 1. The molecule has 0 aliphatic carbocycles. The van der Waals surface area contributed by atoms with Gasteiger partial charge in [0.1, 0.15) is 6.04 Å². The number of urea groups is 1. The van der Waals surface area contributed by atoms with Crippen LogP contribution in [0, 0.1) is 3.57 Å². The maximum absolute atomic E-state index is 11.5. The van der Waals surface area contributed by atoms with Crippen molar-refractivity contribution in [1.82, 2.24) is 5.32 Å². The Kier molecular flexibility index (Phi) is 5.55. The monoisotopic (exact) mass is 378 g/mol. The number of carboxylic acid groups (broad SMARTS) is 2. The lowest BCUT2D eigenvalue weighted by atomic mass is 10.2. The van der Waals surface area contributed by atoms with E-state index in [1.165, 1.54) is 0 Å². The summed E-state index contributed by atoms with van der Waals surface area (Å²) in [5, 5.41) is 21.8. The minimum absolute atomic E-state index is 0.490. The summed E-state index contributed by atoms with van der Waals surface area (Å²) in [4.78, 5) is 32.8. The third-order valence-corrected chi connectivity index (χ3v) is 2.74. The number of benzene rings is 1. The first kappa shape index (κ1) is 15.2. The highest BCUT2D eigenvalue weighted by Gasteiger charge is 2.22. The molecule has 1 aromatic rings. The fraction of sp³-hybridized carbons (Fsp3) is 0.182. The predicted molar refractivity (Wildman–Crippen MR) is 75.0 cm³/mol. The lowest BCUT2D eigenvalue weighted by Gasteiger charge is -2.13. The zero-order valence-corrected chi connectivity index (χ0v) is 11.7. The Bertz CT molecular complexity index is 506. The van der Waals surface area contributed by atoms with Gasteiger partial charge in [-0.15, -0.1) is 0 Å². The van der Waals surface area contributed by atoms with Gasteiger partial charge < -0.3 is 20.8 Å². The fourth-order valence-corrected chi connectivity index (χ4v) is 1.81. The number of amides is 2. The van der Waals surface area contributed by atoms with E-state index in [1.807, 2.05) is 6.07 Å². The van der Waals surface area contributed by atoms with E-state index in [-0.39, 0.29) is 0 Å². The molecule has 0 aromatic heterocycles. The molecule has 8 heteroatoms. The minimum atomic E-state index is -1.47. The van der Waals surface area contributed by atoms with Crippen LogP contribution in [0.25, 0.3) is 0 Å². The van der Waals surface area contributed by atoms with Crippen LogP contribution in [0.4, 0.5) is 10.5 Å². The molecule has 0 unspecified atom stereocenters. The van der Waals surface area contributed by atoms with E-state index in [1.54, 1.807) is 18.2 Å². The Labute approximate surface area is 122 Å². The molecule has 0 aliphatic heterocycles. The van der Waals surface area contributed by atoms with E-state index in [9.17, 15) is 14.4 Å². The third-order valence-electron chi connectivity index (χ3n) is 2.06. The second-order valence-electron chi connectivity index (χ2n) is 3.60. The Balaban J connectivity index is 2.62. The molecule has 7 nitrogen and oxygen atoms in total. The van der Waals surface area contributed by atoms with Crippen LogP contribution in [0.1, 0.15) is 6.42 Å². The van der Waals surface area contributed by atoms with Crippen molar-refractivity contribution in [2.75, 3.05) is 5.32 Å². The van der Waals surface area contributed by atoms with Crippen molar-refractivity contribution >= 4 is 46.2 Å². The molecule has 0 aliphatic rings. The highest BCUT2D eigenvalue weighted by Crippen LogP contribution is 2.12. The van der Waals surface area contributed by atoms with Crippen LogP contribution < -0.4 is 10.6 Å². The molecular weight excluding hydrogens is 367 g/mol. The van der Waals surface area contributed by atoms with Gasteiger partial charge in [0, 0.05) is 9.26 Å². The molecule has 4 N–H and O–H groups in total. The average molecular weight is 378 g/mol. The highest BCUT2D eigenvalue weighted by molar-refractivity contribution is 14.1. The number of hydrogen-bond acceptors (Lipinski definition) is 3. The quantitative estimate of drug-likeness (QED) is 0.578. The summed E-state index contributed by atoms with van der Waals surface area (Å²) in [5.41, 5.74) is 0.490. The van der Waals surface area contributed by atoms with Crippen LogP contribution in [0.15, 0.2) is 24.3 Å². The summed E-state index contributed by atoms with van der Waals surface area (Å²) >= 11 is 2.06. The number of halogens is 1. The Morgan fingerprint density at radius 2 is 1.95 bits per heavy atom. The molecule has 0 bridgehead atoms. The Morgan fingerprint density at radius 1 is 1.26 bits per heavy atom. The normalized spacial score (nSPS) is 11.4. The lowest BCUT2D eigenvalue weighted by Crippen LogP contribution is -2.44. The van der Waals surface area contributed by atoms with Crippen molar-refractivity contribution in [3.8, 4) is 0 Å². The van der Waals surface area contributed by atoms with Gasteiger partial charge in [-0.1, -0.05) is 6.07 Å². The molecule has 1 rings (SSSR count). The predicted octanol–water partition coefficient (Wildman–Crippen LogP) is 1.34. The molecule has 1 aromatic carbocycles. The molecule has 1 atom stereocenters. The molecule has 19 heavy (non-hydrogen) atoms. The number of rotatable bonds is 5. The number of carbonyl (C=O) groups excluding carboxylic acids is 1. The fourth-order valence-electron chi connectivity index (χ4n) is 1.27. The van der Waals surface area contributed by atoms with E-state index < -0.39 is 30.4 Å². The van der Waals surface area contributed by atoms with Crippen LogP contribution in [0.2, 0.25) is 0 Å². The summed E-state index contributed by atoms with van der Waals surface area (Å²) < 4.78 is 0.899. The van der Waals surface area contributed by atoms with Gasteiger partial charge in [0.15, 0.2) is 0 Å². The number of aliphatic carboxylic acids is 2. The molecule has 0 heterocycles. The lowest BCUT2D eigenvalue weighted by molar-refractivity contribution is -0.145. The smallest absolute Gasteiger partial charge is 0.326 e. The maximum atomic E-state index is 11.5. The molecule has 0 radical (unpaired) electrons. The van der Waals surface area contributed by atoms with Gasteiger partial charge in [-0.2, -0.15) is 0 Å².